The van der Waals surface area contributed by atoms with E-state index < -0.39 is 5.82 Å². The van der Waals surface area contributed by atoms with Gasteiger partial charge >= 0.3 is 0 Å². The lowest BCUT2D eigenvalue weighted by Gasteiger charge is -2.25. The molecule has 46 heavy (non-hydrogen) atoms. The van der Waals surface area contributed by atoms with E-state index >= 15 is 0 Å². The van der Waals surface area contributed by atoms with Crippen LogP contribution in [-0.2, 0) is 29.2 Å². The highest BCUT2D eigenvalue weighted by Gasteiger charge is 2.21. The van der Waals surface area contributed by atoms with E-state index in [9.17, 15) is 14.0 Å². The van der Waals surface area contributed by atoms with Crippen LogP contribution in [0.4, 0.5) is 10.1 Å². The van der Waals surface area contributed by atoms with Gasteiger partial charge in [-0.2, -0.15) is 0 Å². The molecule has 0 saturated carbocycles. The van der Waals surface area contributed by atoms with Crippen LogP contribution in [0.25, 0.3) is 11.1 Å². The lowest BCUT2D eigenvalue weighted by atomic mass is 10.0. The molecule has 0 fully saturated rings. The number of amides is 2. The third kappa shape index (κ3) is 8.37. The predicted molar refractivity (Wildman–Crippen MR) is 178 cm³/mol. The van der Waals surface area contributed by atoms with Crippen LogP contribution in [-0.4, -0.2) is 18.9 Å². The number of hydrogen-bond acceptors (Lipinski definition) is 5. The molecule has 2 amide bonds. The lowest BCUT2D eigenvalue weighted by molar-refractivity contribution is -0.125. The highest BCUT2D eigenvalue weighted by Crippen LogP contribution is 2.34. The fourth-order valence-corrected chi connectivity index (χ4v) is 5.00. The molecule has 3 N–H and O–H groups in total. The van der Waals surface area contributed by atoms with Gasteiger partial charge in [-0.25, -0.2) is 4.39 Å². The highest BCUT2D eigenvalue weighted by molar-refractivity contribution is 5.96. The zero-order valence-corrected chi connectivity index (χ0v) is 25.6. The Bertz CT molecular complexity index is 1790. The van der Waals surface area contributed by atoms with Crippen molar-refractivity contribution in [2.75, 3.05) is 12.0 Å². The van der Waals surface area contributed by atoms with Gasteiger partial charge in [0.15, 0.2) is 5.75 Å². The molecular formula is C38H36FN3O4. The van der Waals surface area contributed by atoms with Gasteiger partial charge in [-0.3, -0.25) is 9.59 Å². The van der Waals surface area contributed by atoms with Crippen molar-refractivity contribution in [3.8, 4) is 28.4 Å². The Morgan fingerprint density at radius 3 is 2.28 bits per heavy atom. The van der Waals surface area contributed by atoms with Gasteiger partial charge in [0, 0.05) is 31.5 Å². The van der Waals surface area contributed by atoms with E-state index in [1.807, 2.05) is 91.0 Å². The molecule has 234 valence electrons. The fourth-order valence-electron chi connectivity index (χ4n) is 5.00. The summed E-state index contributed by atoms with van der Waals surface area (Å²) in [7, 11) is 1.64. The third-order valence-electron chi connectivity index (χ3n) is 7.52. The molecule has 0 saturated heterocycles. The first-order chi connectivity index (χ1) is 22.4. The zero-order valence-electron chi connectivity index (χ0n) is 25.6. The second-order valence-corrected chi connectivity index (χ2v) is 10.7. The van der Waals surface area contributed by atoms with Crippen molar-refractivity contribution in [1.29, 1.82) is 0 Å². The third-order valence-corrected chi connectivity index (χ3v) is 7.52. The van der Waals surface area contributed by atoms with Crippen LogP contribution in [0.3, 0.4) is 0 Å². The summed E-state index contributed by atoms with van der Waals surface area (Å²) in [5.41, 5.74) is 10.6. The number of ether oxygens (including phenoxy) is 2. The van der Waals surface area contributed by atoms with Crippen molar-refractivity contribution in [2.45, 2.75) is 32.5 Å². The summed E-state index contributed by atoms with van der Waals surface area (Å²) in [5.74, 6) is 0.855. The second kappa shape index (κ2) is 15.5. The van der Waals surface area contributed by atoms with Crippen molar-refractivity contribution in [2.24, 2.45) is 5.73 Å². The zero-order chi connectivity index (χ0) is 32.3. The molecule has 5 rings (SSSR count). The van der Waals surface area contributed by atoms with Gasteiger partial charge in [0.1, 0.15) is 17.3 Å². The summed E-state index contributed by atoms with van der Waals surface area (Å²) in [6, 6.07) is 36.8. The van der Waals surface area contributed by atoms with Crippen LogP contribution < -0.4 is 25.4 Å². The van der Waals surface area contributed by atoms with Crippen LogP contribution in [0.5, 0.6) is 17.2 Å². The van der Waals surface area contributed by atoms with E-state index in [0.29, 0.717) is 29.3 Å². The molecule has 0 aliphatic heterocycles. The minimum atomic E-state index is -0.393. The van der Waals surface area contributed by atoms with E-state index in [1.165, 1.54) is 6.07 Å². The topological polar surface area (TPSA) is 93.9 Å². The number of para-hydroxylation sites is 2. The molecule has 5 aromatic carbocycles. The molecule has 0 unspecified atom stereocenters. The van der Waals surface area contributed by atoms with Crippen LogP contribution in [0.15, 0.2) is 121 Å². The number of nitrogens with one attached hydrogen (secondary N) is 1. The fraction of sp³-hybridized carbons (Fsp3) is 0.158. The molecule has 5 aromatic rings. The van der Waals surface area contributed by atoms with Crippen molar-refractivity contribution in [1.82, 2.24) is 5.32 Å². The van der Waals surface area contributed by atoms with Crippen LogP contribution in [0.2, 0.25) is 0 Å². The number of nitrogens with zero attached hydrogens (tertiary/aromatic N) is 1. The Morgan fingerprint density at radius 1 is 0.761 bits per heavy atom. The number of methoxy groups -OCH3 is 1. The first kappa shape index (κ1) is 31.9. The number of rotatable bonds is 13. The average molecular weight is 618 g/mol. The normalized spacial score (nSPS) is 10.7. The number of hydrogen-bond donors (Lipinski definition) is 2. The summed E-state index contributed by atoms with van der Waals surface area (Å²) in [5, 5.41) is 2.71. The first-order valence-electron chi connectivity index (χ1n) is 15.0. The quantitative estimate of drug-likeness (QED) is 0.144. The van der Waals surface area contributed by atoms with Crippen LogP contribution in [0, 0.1) is 5.82 Å². The number of halogens is 1. The van der Waals surface area contributed by atoms with Crippen molar-refractivity contribution >= 4 is 17.5 Å². The van der Waals surface area contributed by atoms with Gasteiger partial charge in [0.2, 0.25) is 11.8 Å². The number of anilines is 1. The largest absolute Gasteiger partial charge is 0.497 e. The van der Waals surface area contributed by atoms with Crippen molar-refractivity contribution in [3.63, 3.8) is 0 Å². The minimum absolute atomic E-state index is 0.0432. The number of carbonyl (C=O) groups is 2. The standard InChI is InChI=1S/C38H36FN3O4/c1-45-32-11-7-10-30(23-32)29-18-16-27(17-19-29)26-42(38(44)21-20-37(43)41-25-31-9-2-3-13-34(31)39)35-14-4-5-15-36(35)46-33-12-6-8-28(22-33)24-40/h2-19,22-23H,20-21,24-26,40H2,1H3,(H,41,43). The van der Waals surface area contributed by atoms with Gasteiger partial charge in [0.05, 0.1) is 19.3 Å². The van der Waals surface area contributed by atoms with Gasteiger partial charge < -0.3 is 25.4 Å². The Hall–Kier alpha value is -5.47. The molecule has 0 heterocycles. The first-order valence-corrected chi connectivity index (χ1v) is 15.0. The van der Waals surface area contributed by atoms with E-state index in [2.05, 4.69) is 5.32 Å². The summed E-state index contributed by atoms with van der Waals surface area (Å²) < 4.78 is 25.6. The van der Waals surface area contributed by atoms with Crippen molar-refractivity contribution < 1.29 is 23.5 Å². The molecule has 0 radical (unpaired) electrons. The SMILES string of the molecule is COc1cccc(-c2ccc(CN(C(=O)CCC(=O)NCc3ccccc3F)c3ccccc3Oc3cccc(CN)c3)cc2)c1. The Morgan fingerprint density at radius 2 is 1.50 bits per heavy atom. The highest BCUT2D eigenvalue weighted by atomic mass is 19.1. The lowest BCUT2D eigenvalue weighted by Crippen LogP contribution is -2.32. The molecule has 7 nitrogen and oxygen atoms in total. The van der Waals surface area contributed by atoms with Crippen LogP contribution >= 0.6 is 0 Å². The van der Waals surface area contributed by atoms with Gasteiger partial charge in [-0.05, 0) is 64.7 Å². The molecule has 0 aliphatic rings. The van der Waals surface area contributed by atoms with Gasteiger partial charge in [-0.1, -0.05) is 78.9 Å². The minimum Gasteiger partial charge on any atom is -0.497 e. The Kier molecular flexibility index (Phi) is 10.8. The number of carbonyl (C=O) groups excluding carboxylic acids is 2. The average Bonchev–Trinajstić information content (AvgIpc) is 3.10. The summed E-state index contributed by atoms with van der Waals surface area (Å²) in [4.78, 5) is 28.2. The molecule has 0 spiro atoms. The predicted octanol–water partition coefficient (Wildman–Crippen LogP) is 7.38. The summed E-state index contributed by atoms with van der Waals surface area (Å²) in [6.07, 6.45) is -0.109. The van der Waals surface area contributed by atoms with E-state index in [0.717, 1.165) is 28.0 Å². The monoisotopic (exact) mass is 617 g/mol. The smallest absolute Gasteiger partial charge is 0.227 e. The molecule has 0 atom stereocenters. The number of benzene rings is 5. The van der Waals surface area contributed by atoms with Crippen molar-refractivity contribution in [3.05, 3.63) is 144 Å². The van der Waals surface area contributed by atoms with E-state index in [4.69, 9.17) is 15.2 Å². The molecular weight excluding hydrogens is 581 g/mol. The molecule has 0 aliphatic carbocycles. The van der Waals surface area contributed by atoms with Gasteiger partial charge in [0.25, 0.3) is 0 Å². The Balaban J connectivity index is 1.37. The van der Waals surface area contributed by atoms with E-state index in [1.54, 1.807) is 36.3 Å². The van der Waals surface area contributed by atoms with E-state index in [-0.39, 0.29) is 37.7 Å². The summed E-state index contributed by atoms with van der Waals surface area (Å²) >= 11 is 0. The molecule has 0 bridgehead atoms. The molecule has 8 heteroatoms. The maximum Gasteiger partial charge on any atom is 0.227 e. The molecule has 0 aromatic heterocycles. The number of nitrogens with two attached hydrogens (primary N) is 1. The van der Waals surface area contributed by atoms with Gasteiger partial charge in [-0.15, -0.1) is 0 Å². The van der Waals surface area contributed by atoms with Crippen LogP contribution in [0.1, 0.15) is 29.5 Å². The maximum atomic E-state index is 14.0. The Labute approximate surface area is 268 Å². The summed E-state index contributed by atoms with van der Waals surface area (Å²) in [6.45, 7) is 0.660. The maximum absolute atomic E-state index is 14.0. The second-order valence-electron chi connectivity index (χ2n) is 10.7.